The van der Waals surface area contributed by atoms with E-state index in [9.17, 15) is 4.79 Å². The van der Waals surface area contributed by atoms with Crippen molar-refractivity contribution in [1.82, 2.24) is 4.90 Å². The Balaban J connectivity index is 2.67. The number of methoxy groups -OCH3 is 1. The van der Waals surface area contributed by atoms with Crippen molar-refractivity contribution in [2.75, 3.05) is 20.3 Å². The van der Waals surface area contributed by atoms with Crippen LogP contribution in [0.5, 0.6) is 0 Å². The molecule has 0 radical (unpaired) electrons. The summed E-state index contributed by atoms with van der Waals surface area (Å²) in [6.45, 7) is 3.49. The van der Waals surface area contributed by atoms with Crippen molar-refractivity contribution in [2.24, 2.45) is 5.73 Å². The smallest absolute Gasteiger partial charge is 0.239 e. The molecule has 1 atom stereocenters. The predicted octanol–water partition coefficient (Wildman–Crippen LogP) is 2.05. The van der Waals surface area contributed by atoms with E-state index in [2.05, 4.69) is 0 Å². The van der Waals surface area contributed by atoms with Crippen LogP contribution < -0.4 is 5.73 Å². The molecule has 2 N–H and O–H groups in total. The SMILES string of the molecule is CCN(Cc1ccccc1Cl)C(=O)C(N)CCOC. The lowest BCUT2D eigenvalue weighted by Gasteiger charge is -2.24. The predicted molar refractivity (Wildman–Crippen MR) is 77.0 cm³/mol. The number of rotatable bonds is 7. The zero-order valence-corrected chi connectivity index (χ0v) is 12.2. The first-order valence-corrected chi connectivity index (χ1v) is 6.74. The van der Waals surface area contributed by atoms with Crippen LogP contribution in [0, 0.1) is 0 Å². The maximum Gasteiger partial charge on any atom is 0.239 e. The fourth-order valence-electron chi connectivity index (χ4n) is 1.78. The van der Waals surface area contributed by atoms with Crippen LogP contribution in [0.3, 0.4) is 0 Å². The molecule has 1 aromatic carbocycles. The summed E-state index contributed by atoms with van der Waals surface area (Å²) in [7, 11) is 1.60. The molecule has 0 heterocycles. The molecule has 5 heteroatoms. The molecule has 0 bridgehead atoms. The maximum atomic E-state index is 12.2. The summed E-state index contributed by atoms with van der Waals surface area (Å²) in [5.74, 6) is -0.0699. The first kappa shape index (κ1) is 16.0. The van der Waals surface area contributed by atoms with Gasteiger partial charge in [0.1, 0.15) is 0 Å². The van der Waals surface area contributed by atoms with Crippen LogP contribution in [-0.4, -0.2) is 37.1 Å². The van der Waals surface area contributed by atoms with E-state index in [1.165, 1.54) is 0 Å². The van der Waals surface area contributed by atoms with Crippen molar-refractivity contribution in [1.29, 1.82) is 0 Å². The average molecular weight is 285 g/mol. The Morgan fingerprint density at radius 1 is 1.47 bits per heavy atom. The second-order valence-electron chi connectivity index (χ2n) is 4.33. The molecule has 19 heavy (non-hydrogen) atoms. The molecule has 0 saturated heterocycles. The van der Waals surface area contributed by atoms with Crippen molar-refractivity contribution in [3.8, 4) is 0 Å². The summed E-state index contributed by atoms with van der Waals surface area (Å²) in [5.41, 5.74) is 6.80. The van der Waals surface area contributed by atoms with Gasteiger partial charge >= 0.3 is 0 Å². The van der Waals surface area contributed by atoms with E-state index in [0.717, 1.165) is 5.56 Å². The van der Waals surface area contributed by atoms with Gasteiger partial charge in [0, 0.05) is 31.8 Å². The molecule has 0 aliphatic carbocycles. The molecular weight excluding hydrogens is 264 g/mol. The van der Waals surface area contributed by atoms with Gasteiger partial charge in [0.2, 0.25) is 5.91 Å². The molecule has 0 aromatic heterocycles. The fraction of sp³-hybridized carbons (Fsp3) is 0.500. The first-order chi connectivity index (χ1) is 9.10. The van der Waals surface area contributed by atoms with E-state index in [0.29, 0.717) is 31.1 Å². The van der Waals surface area contributed by atoms with E-state index in [1.54, 1.807) is 12.0 Å². The average Bonchev–Trinajstić information content (AvgIpc) is 2.43. The van der Waals surface area contributed by atoms with Crippen LogP contribution in [0.25, 0.3) is 0 Å². The van der Waals surface area contributed by atoms with Crippen LogP contribution in [0.2, 0.25) is 5.02 Å². The maximum absolute atomic E-state index is 12.2. The third-order valence-electron chi connectivity index (χ3n) is 2.96. The number of likely N-dealkylation sites (N-methyl/N-ethyl adjacent to an activating group) is 1. The molecule has 1 aromatic rings. The van der Waals surface area contributed by atoms with Gasteiger partial charge in [0.15, 0.2) is 0 Å². The molecule has 0 fully saturated rings. The van der Waals surface area contributed by atoms with Crippen molar-refractivity contribution >= 4 is 17.5 Å². The van der Waals surface area contributed by atoms with E-state index in [-0.39, 0.29) is 5.91 Å². The summed E-state index contributed by atoms with van der Waals surface area (Å²) in [5, 5.41) is 0.666. The topological polar surface area (TPSA) is 55.6 Å². The minimum atomic E-state index is -0.526. The van der Waals surface area contributed by atoms with Gasteiger partial charge in [0.25, 0.3) is 0 Å². The van der Waals surface area contributed by atoms with Crippen LogP contribution in [0.1, 0.15) is 18.9 Å². The fourth-order valence-corrected chi connectivity index (χ4v) is 1.98. The third-order valence-corrected chi connectivity index (χ3v) is 3.33. The van der Waals surface area contributed by atoms with Gasteiger partial charge in [-0.3, -0.25) is 4.79 Å². The molecule has 0 aliphatic heterocycles. The van der Waals surface area contributed by atoms with E-state index < -0.39 is 6.04 Å². The summed E-state index contributed by atoms with van der Waals surface area (Å²) < 4.78 is 4.94. The highest BCUT2D eigenvalue weighted by molar-refractivity contribution is 6.31. The number of halogens is 1. The largest absolute Gasteiger partial charge is 0.385 e. The number of ether oxygens (including phenoxy) is 1. The number of amides is 1. The Hall–Kier alpha value is -1.10. The molecule has 4 nitrogen and oxygen atoms in total. The highest BCUT2D eigenvalue weighted by Gasteiger charge is 2.20. The summed E-state index contributed by atoms with van der Waals surface area (Å²) in [6, 6.07) is 6.99. The molecule has 0 spiro atoms. The van der Waals surface area contributed by atoms with Gasteiger partial charge in [-0.2, -0.15) is 0 Å². The highest BCUT2D eigenvalue weighted by atomic mass is 35.5. The summed E-state index contributed by atoms with van der Waals surface area (Å²) in [4.78, 5) is 13.9. The lowest BCUT2D eigenvalue weighted by atomic mass is 10.1. The number of benzene rings is 1. The summed E-state index contributed by atoms with van der Waals surface area (Å²) >= 11 is 6.10. The second-order valence-corrected chi connectivity index (χ2v) is 4.74. The van der Waals surface area contributed by atoms with Gasteiger partial charge < -0.3 is 15.4 Å². The quantitative estimate of drug-likeness (QED) is 0.834. The summed E-state index contributed by atoms with van der Waals surface area (Å²) in [6.07, 6.45) is 0.522. The monoisotopic (exact) mass is 284 g/mol. The van der Waals surface area contributed by atoms with E-state index in [4.69, 9.17) is 22.1 Å². The Labute approximate surface area is 119 Å². The lowest BCUT2D eigenvalue weighted by Crippen LogP contribution is -2.43. The van der Waals surface area contributed by atoms with Gasteiger partial charge in [-0.05, 0) is 25.0 Å². The molecule has 1 rings (SSSR count). The molecule has 106 valence electrons. The third kappa shape index (κ3) is 4.82. The van der Waals surface area contributed by atoms with Crippen molar-refractivity contribution < 1.29 is 9.53 Å². The van der Waals surface area contributed by atoms with E-state index >= 15 is 0 Å². The van der Waals surface area contributed by atoms with Crippen LogP contribution in [0.15, 0.2) is 24.3 Å². The minimum Gasteiger partial charge on any atom is -0.385 e. The molecule has 1 unspecified atom stereocenters. The van der Waals surface area contributed by atoms with E-state index in [1.807, 2.05) is 31.2 Å². The zero-order valence-electron chi connectivity index (χ0n) is 11.4. The van der Waals surface area contributed by atoms with Crippen LogP contribution in [-0.2, 0) is 16.1 Å². The molecule has 0 saturated carbocycles. The van der Waals surface area contributed by atoms with Crippen LogP contribution in [0.4, 0.5) is 0 Å². The Kier molecular flexibility index (Phi) is 6.84. The Morgan fingerprint density at radius 2 is 2.16 bits per heavy atom. The standard InChI is InChI=1S/C14H21ClN2O2/c1-3-17(14(18)13(16)8-9-19-2)10-11-6-4-5-7-12(11)15/h4-7,13H,3,8-10,16H2,1-2H3. The van der Waals surface area contributed by atoms with Gasteiger partial charge in [-0.25, -0.2) is 0 Å². The number of carbonyl (C=O) groups excluding carboxylic acids is 1. The number of carbonyl (C=O) groups is 1. The second kappa shape index (κ2) is 8.15. The number of hydrogen-bond acceptors (Lipinski definition) is 3. The molecule has 0 aliphatic rings. The van der Waals surface area contributed by atoms with Crippen LogP contribution >= 0.6 is 11.6 Å². The van der Waals surface area contributed by atoms with Gasteiger partial charge in [0.05, 0.1) is 6.04 Å². The Morgan fingerprint density at radius 3 is 2.74 bits per heavy atom. The lowest BCUT2D eigenvalue weighted by molar-refractivity contribution is -0.133. The van der Waals surface area contributed by atoms with Crippen molar-refractivity contribution in [3.05, 3.63) is 34.9 Å². The van der Waals surface area contributed by atoms with Crippen molar-refractivity contribution in [2.45, 2.75) is 25.9 Å². The molecular formula is C14H21ClN2O2. The zero-order chi connectivity index (χ0) is 14.3. The Bertz CT molecular complexity index is 412. The van der Waals surface area contributed by atoms with Gasteiger partial charge in [-0.15, -0.1) is 0 Å². The number of hydrogen-bond donors (Lipinski definition) is 1. The van der Waals surface area contributed by atoms with Crippen molar-refractivity contribution in [3.63, 3.8) is 0 Å². The highest BCUT2D eigenvalue weighted by Crippen LogP contribution is 2.17. The van der Waals surface area contributed by atoms with Gasteiger partial charge in [-0.1, -0.05) is 29.8 Å². The first-order valence-electron chi connectivity index (χ1n) is 6.36. The minimum absolute atomic E-state index is 0.0699. The molecule has 1 amide bonds. The number of nitrogens with zero attached hydrogens (tertiary/aromatic N) is 1. The number of nitrogens with two attached hydrogens (primary N) is 1. The normalized spacial score (nSPS) is 12.2.